The molecule has 0 unspecified atom stereocenters. The van der Waals surface area contributed by atoms with E-state index in [1.54, 1.807) is 12.1 Å². The van der Waals surface area contributed by atoms with Crippen molar-refractivity contribution in [1.29, 1.82) is 5.26 Å². The molecule has 2 rings (SSSR count). The molecule has 0 radical (unpaired) electrons. The molecule has 0 bridgehead atoms. The number of benzene rings is 2. The number of carbonyl (C=O) groups is 1. The van der Waals surface area contributed by atoms with Crippen LogP contribution in [0.4, 0.5) is 0 Å². The van der Waals surface area contributed by atoms with Crippen LogP contribution in [-0.4, -0.2) is 20.1 Å². The van der Waals surface area contributed by atoms with E-state index in [1.165, 1.54) is 20.3 Å². The first-order valence-corrected chi connectivity index (χ1v) is 8.68. The summed E-state index contributed by atoms with van der Waals surface area (Å²) >= 11 is 3.40. The molecule has 1 atom stereocenters. The summed E-state index contributed by atoms with van der Waals surface area (Å²) in [5, 5.41) is 12.2. The van der Waals surface area contributed by atoms with Crippen molar-refractivity contribution in [2.24, 2.45) is 0 Å². The molecule has 0 saturated carbocycles. The Morgan fingerprint density at radius 2 is 1.92 bits per heavy atom. The molecule has 0 aromatic heterocycles. The first-order chi connectivity index (χ1) is 12.5. The molecular weight excluding hydrogens is 396 g/mol. The molecule has 0 aliphatic rings. The van der Waals surface area contributed by atoms with Gasteiger partial charge in [0.25, 0.3) is 5.91 Å². The fourth-order valence-electron chi connectivity index (χ4n) is 2.44. The summed E-state index contributed by atoms with van der Waals surface area (Å²) in [5.74, 6) is 0.614. The Morgan fingerprint density at radius 1 is 1.23 bits per heavy atom. The molecule has 1 N–H and O–H groups in total. The highest BCUT2D eigenvalue weighted by atomic mass is 79.9. The van der Waals surface area contributed by atoms with E-state index in [0.717, 1.165) is 5.56 Å². The third-order valence-corrected chi connectivity index (χ3v) is 4.37. The minimum Gasteiger partial charge on any atom is -0.493 e. The smallest absolute Gasteiger partial charge is 0.262 e. The van der Waals surface area contributed by atoms with E-state index in [0.29, 0.717) is 21.5 Å². The molecule has 1 amide bonds. The lowest BCUT2D eigenvalue weighted by Crippen LogP contribution is -2.27. The largest absolute Gasteiger partial charge is 0.493 e. The second kappa shape index (κ2) is 9.07. The molecule has 0 aliphatic heterocycles. The lowest BCUT2D eigenvalue weighted by molar-refractivity contribution is -0.117. The maximum absolute atomic E-state index is 12.5. The molecule has 0 fully saturated rings. The molecular formula is C20H19BrN2O3. The minimum atomic E-state index is -0.435. The van der Waals surface area contributed by atoms with Crippen molar-refractivity contribution in [2.75, 3.05) is 14.2 Å². The van der Waals surface area contributed by atoms with E-state index >= 15 is 0 Å². The van der Waals surface area contributed by atoms with Crippen molar-refractivity contribution in [3.63, 3.8) is 0 Å². The summed E-state index contributed by atoms with van der Waals surface area (Å²) in [4.78, 5) is 12.5. The summed E-state index contributed by atoms with van der Waals surface area (Å²) in [7, 11) is 3.06. The molecule has 5 nitrogen and oxygen atoms in total. The lowest BCUT2D eigenvalue weighted by Gasteiger charge is -2.14. The average Bonchev–Trinajstić information content (AvgIpc) is 2.66. The van der Waals surface area contributed by atoms with E-state index in [4.69, 9.17) is 9.47 Å². The van der Waals surface area contributed by atoms with Gasteiger partial charge in [0.1, 0.15) is 11.6 Å². The van der Waals surface area contributed by atoms with E-state index in [1.807, 2.05) is 43.3 Å². The monoisotopic (exact) mass is 414 g/mol. The van der Waals surface area contributed by atoms with Crippen molar-refractivity contribution in [1.82, 2.24) is 5.32 Å². The van der Waals surface area contributed by atoms with Gasteiger partial charge in [-0.2, -0.15) is 5.26 Å². The number of amides is 1. The van der Waals surface area contributed by atoms with E-state index in [-0.39, 0.29) is 11.6 Å². The molecule has 0 aliphatic carbocycles. The Labute approximate surface area is 161 Å². The third kappa shape index (κ3) is 4.64. The van der Waals surface area contributed by atoms with Crippen molar-refractivity contribution in [3.05, 3.63) is 63.6 Å². The topological polar surface area (TPSA) is 71.3 Å². The summed E-state index contributed by atoms with van der Waals surface area (Å²) < 4.78 is 11.2. The Kier molecular flexibility index (Phi) is 6.81. The normalized spacial score (nSPS) is 12.0. The number of rotatable bonds is 6. The van der Waals surface area contributed by atoms with Crippen LogP contribution >= 0.6 is 15.9 Å². The van der Waals surface area contributed by atoms with Crippen LogP contribution in [0.3, 0.4) is 0 Å². The Balaban J connectivity index is 2.26. The molecule has 26 heavy (non-hydrogen) atoms. The summed E-state index contributed by atoms with van der Waals surface area (Å²) in [5.41, 5.74) is 1.62. The first kappa shape index (κ1) is 19.5. The predicted molar refractivity (Wildman–Crippen MR) is 104 cm³/mol. The Bertz CT molecular complexity index is 857. The molecule has 0 heterocycles. The second-order valence-corrected chi connectivity index (χ2v) is 6.37. The average molecular weight is 415 g/mol. The zero-order chi connectivity index (χ0) is 19.1. The van der Waals surface area contributed by atoms with E-state index < -0.39 is 5.91 Å². The van der Waals surface area contributed by atoms with Gasteiger partial charge in [0.2, 0.25) is 0 Å². The van der Waals surface area contributed by atoms with Gasteiger partial charge in [-0.25, -0.2) is 0 Å². The number of carbonyl (C=O) groups excluding carboxylic acids is 1. The van der Waals surface area contributed by atoms with Crippen molar-refractivity contribution in [3.8, 4) is 17.6 Å². The van der Waals surface area contributed by atoms with Crippen molar-refractivity contribution < 1.29 is 14.3 Å². The SMILES string of the molecule is COc1cc(/C=C(\C#N)C(=O)N[C@H](C)c2ccccc2)cc(Br)c1OC. The Morgan fingerprint density at radius 3 is 2.50 bits per heavy atom. The van der Waals surface area contributed by atoms with Crippen LogP contribution in [0.2, 0.25) is 0 Å². The molecule has 2 aromatic rings. The Hall–Kier alpha value is -2.78. The van der Waals surface area contributed by atoms with Crippen LogP contribution in [0.5, 0.6) is 11.5 Å². The van der Waals surface area contributed by atoms with Crippen molar-refractivity contribution in [2.45, 2.75) is 13.0 Å². The molecule has 0 saturated heterocycles. The molecule has 134 valence electrons. The standard InChI is InChI=1S/C20H19BrN2O3/c1-13(15-7-5-4-6-8-15)23-20(24)16(12-22)9-14-10-17(21)19(26-3)18(11-14)25-2/h4-11,13H,1-3H3,(H,23,24)/b16-9+/t13-/m1/s1. The predicted octanol–water partition coefficient (Wildman–Crippen LogP) is 4.25. The maximum atomic E-state index is 12.5. The summed E-state index contributed by atoms with van der Waals surface area (Å²) in [6, 6.07) is 14.8. The number of hydrogen-bond donors (Lipinski definition) is 1. The lowest BCUT2D eigenvalue weighted by atomic mass is 10.1. The van der Waals surface area contributed by atoms with Gasteiger partial charge >= 0.3 is 0 Å². The fourth-order valence-corrected chi connectivity index (χ4v) is 3.06. The van der Waals surface area contributed by atoms with Crippen LogP contribution in [-0.2, 0) is 4.79 Å². The van der Waals surface area contributed by atoms with Crippen LogP contribution in [0.25, 0.3) is 6.08 Å². The second-order valence-electron chi connectivity index (χ2n) is 5.51. The summed E-state index contributed by atoms with van der Waals surface area (Å²) in [6.45, 7) is 1.87. The van der Waals surface area contributed by atoms with Gasteiger partial charge in [-0.15, -0.1) is 0 Å². The highest BCUT2D eigenvalue weighted by Crippen LogP contribution is 2.36. The number of nitriles is 1. The third-order valence-electron chi connectivity index (χ3n) is 3.78. The van der Waals surface area contributed by atoms with Gasteiger partial charge in [-0.05, 0) is 52.2 Å². The zero-order valence-corrected chi connectivity index (χ0v) is 16.3. The van der Waals surface area contributed by atoms with Gasteiger partial charge in [0.15, 0.2) is 11.5 Å². The number of halogens is 1. The number of methoxy groups -OCH3 is 2. The first-order valence-electron chi connectivity index (χ1n) is 7.89. The van der Waals surface area contributed by atoms with Crippen LogP contribution in [0.15, 0.2) is 52.5 Å². The van der Waals surface area contributed by atoms with Gasteiger partial charge < -0.3 is 14.8 Å². The number of hydrogen-bond acceptors (Lipinski definition) is 4. The van der Waals surface area contributed by atoms with Crippen LogP contribution < -0.4 is 14.8 Å². The summed E-state index contributed by atoms with van der Waals surface area (Å²) in [6.07, 6.45) is 1.51. The van der Waals surface area contributed by atoms with Crippen LogP contribution in [0, 0.1) is 11.3 Å². The maximum Gasteiger partial charge on any atom is 0.262 e. The number of nitrogens with one attached hydrogen (secondary N) is 1. The number of ether oxygens (including phenoxy) is 2. The quantitative estimate of drug-likeness (QED) is 0.566. The van der Waals surface area contributed by atoms with Crippen LogP contribution in [0.1, 0.15) is 24.1 Å². The van der Waals surface area contributed by atoms with E-state index in [9.17, 15) is 10.1 Å². The van der Waals surface area contributed by atoms with Crippen molar-refractivity contribution >= 4 is 27.9 Å². The zero-order valence-electron chi connectivity index (χ0n) is 14.7. The van der Waals surface area contributed by atoms with Gasteiger partial charge in [-0.3, -0.25) is 4.79 Å². The highest BCUT2D eigenvalue weighted by Gasteiger charge is 2.15. The molecule has 6 heteroatoms. The minimum absolute atomic E-state index is 0.00639. The van der Waals surface area contributed by atoms with E-state index in [2.05, 4.69) is 21.2 Å². The van der Waals surface area contributed by atoms with Gasteiger partial charge in [0, 0.05) is 0 Å². The molecule has 2 aromatic carbocycles. The van der Waals surface area contributed by atoms with Gasteiger partial charge in [-0.1, -0.05) is 30.3 Å². The number of nitrogens with zero attached hydrogens (tertiary/aromatic N) is 1. The van der Waals surface area contributed by atoms with Gasteiger partial charge in [0.05, 0.1) is 24.7 Å². The highest BCUT2D eigenvalue weighted by molar-refractivity contribution is 9.10. The molecule has 0 spiro atoms. The fraction of sp³-hybridized carbons (Fsp3) is 0.200.